The first-order valence-corrected chi connectivity index (χ1v) is 11.7. The molecule has 0 spiro atoms. The number of amides is 2. The monoisotopic (exact) mass is 424 g/mol. The Hall–Kier alpha value is -2.48. The molecule has 5 aliphatic rings. The number of nitro benzene ring substituents is 1. The summed E-state index contributed by atoms with van der Waals surface area (Å²) in [4.78, 5) is 43.9. The van der Waals surface area contributed by atoms with Crippen LogP contribution < -0.4 is 0 Å². The van der Waals surface area contributed by atoms with Crippen LogP contribution in [0.4, 0.5) is 5.69 Å². The molecule has 4 fully saturated rings. The van der Waals surface area contributed by atoms with Crippen LogP contribution in [-0.4, -0.2) is 69.2 Å². The summed E-state index contributed by atoms with van der Waals surface area (Å²) in [5.74, 6) is 0.957. The van der Waals surface area contributed by atoms with Gasteiger partial charge >= 0.3 is 0 Å². The van der Waals surface area contributed by atoms with Gasteiger partial charge in [0.15, 0.2) is 0 Å². The van der Waals surface area contributed by atoms with Gasteiger partial charge in [-0.25, -0.2) is 0 Å². The number of piperidine rings is 4. The molecule has 31 heavy (non-hydrogen) atoms. The number of nitro groups is 1. The summed E-state index contributed by atoms with van der Waals surface area (Å²) in [6.45, 7) is 3.59. The van der Waals surface area contributed by atoms with Crippen LogP contribution in [0.3, 0.4) is 0 Å². The van der Waals surface area contributed by atoms with E-state index in [2.05, 4.69) is 9.80 Å². The Kier molecular flexibility index (Phi) is 4.35. The van der Waals surface area contributed by atoms with E-state index in [9.17, 15) is 19.7 Å². The van der Waals surface area contributed by atoms with E-state index in [1.54, 1.807) is 11.0 Å². The van der Waals surface area contributed by atoms with Crippen LogP contribution in [0.5, 0.6) is 0 Å². The van der Waals surface area contributed by atoms with Gasteiger partial charge in [-0.05, 0) is 75.1 Å². The molecule has 4 saturated heterocycles. The fourth-order valence-electron chi connectivity index (χ4n) is 7.23. The van der Waals surface area contributed by atoms with Crippen LogP contribution in [0.25, 0.3) is 0 Å². The number of non-ortho nitro benzene ring substituents is 1. The predicted molar refractivity (Wildman–Crippen MR) is 112 cm³/mol. The summed E-state index contributed by atoms with van der Waals surface area (Å²) >= 11 is 0. The average Bonchev–Trinajstić information content (AvgIpc) is 3.10. The maximum absolute atomic E-state index is 13.7. The number of carbonyl (C=O) groups is 2. The van der Waals surface area contributed by atoms with Gasteiger partial charge in [0.2, 0.25) is 5.91 Å². The smallest absolute Gasteiger partial charge is 0.270 e. The fourth-order valence-corrected chi connectivity index (χ4v) is 7.23. The second kappa shape index (κ2) is 7.02. The molecule has 0 aromatic heterocycles. The molecule has 8 nitrogen and oxygen atoms in total. The number of rotatable bonds is 2. The maximum atomic E-state index is 13.7. The van der Waals surface area contributed by atoms with Gasteiger partial charge in [0.1, 0.15) is 6.04 Å². The van der Waals surface area contributed by atoms with Gasteiger partial charge < -0.3 is 9.80 Å². The third-order valence-electron chi connectivity index (χ3n) is 8.49. The van der Waals surface area contributed by atoms with E-state index in [1.165, 1.54) is 50.9 Å². The first kappa shape index (κ1) is 19.2. The van der Waals surface area contributed by atoms with Crippen molar-refractivity contribution in [3.63, 3.8) is 0 Å². The molecule has 0 radical (unpaired) electrons. The highest BCUT2D eigenvalue weighted by molar-refractivity contribution is 6.01. The maximum Gasteiger partial charge on any atom is 0.270 e. The molecule has 5 aliphatic heterocycles. The number of hydrogen-bond acceptors (Lipinski definition) is 5. The lowest BCUT2D eigenvalue weighted by molar-refractivity contribution is -0.384. The zero-order valence-corrected chi connectivity index (χ0v) is 17.6. The Morgan fingerprint density at radius 1 is 1.00 bits per heavy atom. The van der Waals surface area contributed by atoms with Crippen molar-refractivity contribution in [3.8, 4) is 0 Å². The second-order valence-corrected chi connectivity index (χ2v) is 9.92. The largest absolute Gasteiger partial charge is 0.337 e. The lowest BCUT2D eigenvalue weighted by Gasteiger charge is -2.59. The molecule has 1 aromatic carbocycles. The Balaban J connectivity index is 1.25. The van der Waals surface area contributed by atoms with Crippen molar-refractivity contribution < 1.29 is 14.5 Å². The molecule has 5 heterocycles. The third-order valence-corrected chi connectivity index (χ3v) is 8.49. The van der Waals surface area contributed by atoms with Gasteiger partial charge in [0.25, 0.3) is 11.6 Å². The molecule has 0 aliphatic carbocycles. The van der Waals surface area contributed by atoms with Crippen molar-refractivity contribution in [2.24, 2.45) is 11.8 Å². The van der Waals surface area contributed by atoms with Crippen LogP contribution in [0, 0.1) is 22.0 Å². The summed E-state index contributed by atoms with van der Waals surface area (Å²) in [6.07, 6.45) is 6.45. The average molecular weight is 425 g/mol. The van der Waals surface area contributed by atoms with Crippen molar-refractivity contribution in [3.05, 3.63) is 39.4 Å². The van der Waals surface area contributed by atoms with Crippen molar-refractivity contribution in [1.29, 1.82) is 0 Å². The highest BCUT2D eigenvalue weighted by atomic mass is 16.6. The summed E-state index contributed by atoms with van der Waals surface area (Å²) in [7, 11) is 0. The molecule has 6 rings (SSSR count). The number of fused-ring (bicyclic) bond motifs is 3. The van der Waals surface area contributed by atoms with Gasteiger partial charge in [-0.15, -0.1) is 0 Å². The summed E-state index contributed by atoms with van der Waals surface area (Å²) < 4.78 is 0. The molecule has 164 valence electrons. The number of carbonyl (C=O) groups excluding carboxylic acids is 2. The summed E-state index contributed by atoms with van der Waals surface area (Å²) in [5.41, 5.74) is 1.07. The van der Waals surface area contributed by atoms with Crippen molar-refractivity contribution in [2.45, 2.75) is 63.2 Å². The Morgan fingerprint density at radius 2 is 1.81 bits per heavy atom. The van der Waals surface area contributed by atoms with E-state index in [0.29, 0.717) is 42.4 Å². The first-order chi connectivity index (χ1) is 15.0. The van der Waals surface area contributed by atoms with E-state index in [-0.39, 0.29) is 17.5 Å². The first-order valence-electron chi connectivity index (χ1n) is 11.7. The molecule has 0 bridgehead atoms. The number of hydrogen-bond donors (Lipinski definition) is 0. The van der Waals surface area contributed by atoms with Crippen LogP contribution in [-0.2, 0) is 11.3 Å². The van der Waals surface area contributed by atoms with Gasteiger partial charge in [-0.2, -0.15) is 0 Å². The summed E-state index contributed by atoms with van der Waals surface area (Å²) in [5, 5.41) is 11.1. The Morgan fingerprint density at radius 3 is 2.61 bits per heavy atom. The van der Waals surface area contributed by atoms with E-state index in [0.717, 1.165) is 18.5 Å². The minimum absolute atomic E-state index is 0.0785. The Labute approximate surface area is 181 Å². The van der Waals surface area contributed by atoms with Gasteiger partial charge in [0, 0.05) is 37.3 Å². The van der Waals surface area contributed by atoms with E-state index in [1.807, 2.05) is 0 Å². The zero-order chi connectivity index (χ0) is 21.3. The van der Waals surface area contributed by atoms with Crippen LogP contribution in [0.2, 0.25) is 0 Å². The van der Waals surface area contributed by atoms with Crippen LogP contribution in [0.1, 0.15) is 54.4 Å². The standard InChI is InChI=1S/C23H28N4O4/c28-22-18-11-16(27(30)31)6-5-14(18)12-26(22)20-8-7-19-17-4-2-10-24-9-1-3-15(21(17)24)13-25(19)23(20)29/h5-6,11,15,17,19-21H,1-4,7-10,12-13H2/t15-,17+,19+,20?,21-/m0/s1. The van der Waals surface area contributed by atoms with E-state index in [4.69, 9.17) is 0 Å². The quantitative estimate of drug-likeness (QED) is 0.538. The molecular formula is C23H28N4O4. The fraction of sp³-hybridized carbons (Fsp3) is 0.652. The van der Waals surface area contributed by atoms with E-state index < -0.39 is 11.0 Å². The molecule has 2 amide bonds. The van der Waals surface area contributed by atoms with Gasteiger partial charge in [-0.1, -0.05) is 0 Å². The minimum Gasteiger partial charge on any atom is -0.337 e. The topological polar surface area (TPSA) is 87.0 Å². The number of benzene rings is 1. The second-order valence-electron chi connectivity index (χ2n) is 9.92. The van der Waals surface area contributed by atoms with Gasteiger partial charge in [-0.3, -0.25) is 24.6 Å². The highest BCUT2D eigenvalue weighted by Crippen LogP contribution is 2.45. The normalized spacial score (nSPS) is 34.9. The minimum atomic E-state index is -0.478. The van der Waals surface area contributed by atoms with E-state index >= 15 is 0 Å². The SMILES string of the molecule is O=C1c2cc([N+](=O)[O-])ccc2CN1C1CC[C@@H]2[C@H]3CCCN4CCC[C@@H](CN2C1=O)[C@@H]34. The molecular weight excluding hydrogens is 396 g/mol. The van der Waals surface area contributed by atoms with Crippen molar-refractivity contribution in [1.82, 2.24) is 14.7 Å². The molecule has 1 aromatic rings. The summed E-state index contributed by atoms with van der Waals surface area (Å²) in [6, 6.07) is 4.94. The number of nitrogens with zero attached hydrogens (tertiary/aromatic N) is 4. The molecule has 8 heteroatoms. The lowest BCUT2D eigenvalue weighted by atomic mass is 9.67. The van der Waals surface area contributed by atoms with Crippen molar-refractivity contribution >= 4 is 17.5 Å². The van der Waals surface area contributed by atoms with Crippen LogP contribution >= 0.6 is 0 Å². The predicted octanol–water partition coefficient (Wildman–Crippen LogP) is 2.41. The van der Waals surface area contributed by atoms with Gasteiger partial charge in [0.05, 0.1) is 10.5 Å². The van der Waals surface area contributed by atoms with Crippen molar-refractivity contribution in [2.75, 3.05) is 19.6 Å². The Bertz CT molecular complexity index is 963. The molecule has 5 atom stereocenters. The molecule has 0 N–H and O–H groups in total. The molecule has 0 saturated carbocycles. The van der Waals surface area contributed by atoms with Crippen LogP contribution in [0.15, 0.2) is 18.2 Å². The third kappa shape index (κ3) is 2.83. The zero-order valence-electron chi connectivity index (χ0n) is 17.6. The highest BCUT2D eigenvalue weighted by Gasteiger charge is 2.53. The molecule has 1 unspecified atom stereocenters. The lowest BCUT2D eigenvalue weighted by Crippen LogP contribution is -2.69.